The largest absolute Gasteiger partial charge is 0.493 e. The van der Waals surface area contributed by atoms with Gasteiger partial charge in [-0.3, -0.25) is 9.36 Å². The van der Waals surface area contributed by atoms with Crippen molar-refractivity contribution in [3.05, 3.63) is 77.4 Å². The van der Waals surface area contributed by atoms with Crippen molar-refractivity contribution in [3.8, 4) is 34.3 Å². The Balaban J connectivity index is 1.52. The van der Waals surface area contributed by atoms with E-state index in [4.69, 9.17) is 14.2 Å². The first kappa shape index (κ1) is 29.7. The zero-order valence-electron chi connectivity index (χ0n) is 24.4. The van der Waals surface area contributed by atoms with E-state index in [2.05, 4.69) is 65.8 Å². The highest BCUT2D eigenvalue weighted by atomic mass is 32.2. The fourth-order valence-corrected chi connectivity index (χ4v) is 4.90. The zero-order valence-corrected chi connectivity index (χ0v) is 25.2. The summed E-state index contributed by atoms with van der Waals surface area (Å²) in [5, 5.41) is 13.6. The van der Waals surface area contributed by atoms with Crippen LogP contribution >= 0.6 is 11.8 Å². The Morgan fingerprint density at radius 1 is 0.927 bits per heavy atom. The molecule has 0 fully saturated rings. The molecule has 0 radical (unpaired) electrons. The first-order valence-electron chi connectivity index (χ1n) is 13.0. The Kier molecular flexibility index (Phi) is 9.34. The van der Waals surface area contributed by atoms with Gasteiger partial charge in [-0.2, -0.15) is 5.10 Å². The Morgan fingerprint density at radius 3 is 2.22 bits per heavy atom. The highest BCUT2D eigenvalue weighted by molar-refractivity contribution is 7.99. The van der Waals surface area contributed by atoms with E-state index in [0.29, 0.717) is 33.8 Å². The Bertz CT molecular complexity index is 1520. The number of rotatable bonds is 10. The number of nitrogens with zero attached hydrogens (tertiary/aromatic N) is 4. The maximum atomic E-state index is 12.7. The molecule has 0 spiro atoms. The number of aromatic nitrogens is 3. The lowest BCUT2D eigenvalue weighted by molar-refractivity contribution is -0.118. The number of methoxy groups -OCH3 is 3. The minimum atomic E-state index is -0.291. The van der Waals surface area contributed by atoms with Gasteiger partial charge < -0.3 is 14.2 Å². The molecule has 214 valence electrons. The van der Waals surface area contributed by atoms with Crippen LogP contribution < -0.4 is 19.6 Å². The normalized spacial score (nSPS) is 11.5. The van der Waals surface area contributed by atoms with Crippen LogP contribution in [0, 0.1) is 6.92 Å². The van der Waals surface area contributed by atoms with Crippen molar-refractivity contribution in [2.45, 2.75) is 38.3 Å². The number of hydrazone groups is 1. The number of nitrogens with one attached hydrogen (secondary N) is 1. The van der Waals surface area contributed by atoms with Gasteiger partial charge in [0.2, 0.25) is 5.75 Å². The summed E-state index contributed by atoms with van der Waals surface area (Å²) in [7, 11) is 4.61. The van der Waals surface area contributed by atoms with Gasteiger partial charge in [-0.05, 0) is 42.2 Å². The van der Waals surface area contributed by atoms with Crippen LogP contribution in [0.15, 0.2) is 70.9 Å². The van der Waals surface area contributed by atoms with Crippen LogP contribution in [-0.2, 0) is 10.2 Å². The summed E-state index contributed by atoms with van der Waals surface area (Å²) in [6.07, 6.45) is 1.50. The van der Waals surface area contributed by atoms with Gasteiger partial charge in [0, 0.05) is 16.8 Å². The molecule has 1 aromatic heterocycles. The van der Waals surface area contributed by atoms with Crippen molar-refractivity contribution in [2.75, 3.05) is 27.1 Å². The van der Waals surface area contributed by atoms with Crippen LogP contribution in [0.25, 0.3) is 17.1 Å². The van der Waals surface area contributed by atoms with Crippen molar-refractivity contribution < 1.29 is 19.0 Å². The fraction of sp³-hybridized carbons (Fsp3) is 0.290. The van der Waals surface area contributed by atoms with Gasteiger partial charge in [0.05, 0.1) is 33.3 Å². The zero-order chi connectivity index (χ0) is 29.6. The summed E-state index contributed by atoms with van der Waals surface area (Å²) in [6, 6.07) is 20.0. The molecule has 0 saturated carbocycles. The van der Waals surface area contributed by atoms with Crippen molar-refractivity contribution in [3.63, 3.8) is 0 Å². The molecule has 1 amide bonds. The van der Waals surface area contributed by atoms with Crippen LogP contribution in [0.2, 0.25) is 0 Å². The van der Waals surface area contributed by atoms with Crippen LogP contribution in [0.3, 0.4) is 0 Å². The number of thioether (sulfide) groups is 1. The summed E-state index contributed by atoms with van der Waals surface area (Å²) < 4.78 is 18.2. The van der Waals surface area contributed by atoms with E-state index in [9.17, 15) is 4.79 Å². The standard InChI is InChI=1S/C31H35N5O4S/c1-20-8-15-24(16-9-20)36-29(21-10-13-23(14-11-21)31(2,3)4)34-35-30(36)41-19-26(37)33-32-18-22-12-17-25(38-5)28(40-7)27(22)39-6/h8-18H,19H2,1-7H3,(H,33,37)/b32-18-. The minimum absolute atomic E-state index is 0.0462. The van der Waals surface area contributed by atoms with Gasteiger partial charge in [-0.25, -0.2) is 5.43 Å². The van der Waals surface area contributed by atoms with E-state index >= 15 is 0 Å². The van der Waals surface area contributed by atoms with Crippen LogP contribution in [0.4, 0.5) is 0 Å². The van der Waals surface area contributed by atoms with Gasteiger partial charge in [0.1, 0.15) is 0 Å². The average molecular weight is 574 g/mol. The molecule has 0 aliphatic rings. The molecule has 0 unspecified atom stereocenters. The summed E-state index contributed by atoms with van der Waals surface area (Å²) in [6.45, 7) is 8.60. The summed E-state index contributed by atoms with van der Waals surface area (Å²) in [5.74, 6) is 1.93. The fourth-order valence-electron chi connectivity index (χ4n) is 4.16. The number of benzene rings is 3. The van der Waals surface area contributed by atoms with Crippen LogP contribution in [0.5, 0.6) is 17.2 Å². The second-order valence-corrected chi connectivity index (χ2v) is 11.3. The minimum Gasteiger partial charge on any atom is -0.493 e. The third-order valence-corrected chi connectivity index (χ3v) is 7.32. The highest BCUT2D eigenvalue weighted by Crippen LogP contribution is 2.39. The highest BCUT2D eigenvalue weighted by Gasteiger charge is 2.19. The van der Waals surface area contributed by atoms with E-state index < -0.39 is 0 Å². The molecule has 9 nitrogen and oxygen atoms in total. The van der Waals surface area contributed by atoms with Crippen molar-refractivity contribution in [2.24, 2.45) is 5.10 Å². The molecule has 10 heteroatoms. The van der Waals surface area contributed by atoms with Crippen molar-refractivity contribution in [1.29, 1.82) is 0 Å². The van der Waals surface area contributed by atoms with E-state index in [0.717, 1.165) is 16.8 Å². The van der Waals surface area contributed by atoms with Gasteiger partial charge in [-0.1, -0.05) is 74.5 Å². The van der Waals surface area contributed by atoms with Gasteiger partial charge in [0.25, 0.3) is 5.91 Å². The molecular weight excluding hydrogens is 538 g/mol. The van der Waals surface area contributed by atoms with E-state index in [1.165, 1.54) is 37.8 Å². The van der Waals surface area contributed by atoms with Gasteiger partial charge in [-0.15, -0.1) is 10.2 Å². The summed E-state index contributed by atoms with van der Waals surface area (Å²) in [5.41, 5.74) is 7.48. The second-order valence-electron chi connectivity index (χ2n) is 10.3. The lowest BCUT2D eigenvalue weighted by atomic mass is 9.87. The van der Waals surface area contributed by atoms with Gasteiger partial charge >= 0.3 is 0 Å². The monoisotopic (exact) mass is 573 g/mol. The number of carbonyl (C=O) groups is 1. The quantitative estimate of drug-likeness (QED) is 0.145. The van der Waals surface area contributed by atoms with Crippen molar-refractivity contribution >= 4 is 23.9 Å². The van der Waals surface area contributed by atoms with Crippen LogP contribution in [-0.4, -0.2) is 54.0 Å². The lowest BCUT2D eigenvalue weighted by Crippen LogP contribution is -2.20. The Morgan fingerprint density at radius 2 is 1.61 bits per heavy atom. The van der Waals surface area contributed by atoms with E-state index in [-0.39, 0.29) is 17.1 Å². The molecule has 1 N–H and O–H groups in total. The van der Waals surface area contributed by atoms with Gasteiger partial charge in [0.15, 0.2) is 22.5 Å². The third kappa shape index (κ3) is 6.89. The second kappa shape index (κ2) is 12.9. The lowest BCUT2D eigenvalue weighted by Gasteiger charge is -2.19. The molecule has 1 heterocycles. The first-order valence-corrected chi connectivity index (χ1v) is 14.0. The molecule has 0 aliphatic heterocycles. The maximum Gasteiger partial charge on any atom is 0.250 e. The third-order valence-electron chi connectivity index (χ3n) is 6.39. The topological polar surface area (TPSA) is 99.9 Å². The molecule has 4 aromatic rings. The van der Waals surface area contributed by atoms with E-state index in [1.54, 1.807) is 19.2 Å². The number of amides is 1. The van der Waals surface area contributed by atoms with Crippen LogP contribution in [0.1, 0.15) is 37.5 Å². The molecule has 4 rings (SSSR count). The maximum absolute atomic E-state index is 12.7. The number of hydrogen-bond acceptors (Lipinski definition) is 8. The molecular formula is C31H35N5O4S. The van der Waals surface area contributed by atoms with Crippen molar-refractivity contribution in [1.82, 2.24) is 20.2 Å². The number of ether oxygens (including phenoxy) is 3. The Labute approximate surface area is 244 Å². The molecule has 0 aliphatic carbocycles. The molecule has 0 saturated heterocycles. The molecule has 0 bridgehead atoms. The SMILES string of the molecule is COc1ccc(/C=N\NC(=O)CSc2nnc(-c3ccc(C(C)(C)C)cc3)n2-c2ccc(C)cc2)c(OC)c1OC. The number of carbonyl (C=O) groups excluding carboxylic acids is 1. The Hall–Kier alpha value is -4.31. The smallest absolute Gasteiger partial charge is 0.250 e. The van der Waals surface area contributed by atoms with E-state index in [1.807, 2.05) is 35.8 Å². The first-order chi connectivity index (χ1) is 19.7. The average Bonchev–Trinajstić information content (AvgIpc) is 3.39. The molecule has 41 heavy (non-hydrogen) atoms. The summed E-state index contributed by atoms with van der Waals surface area (Å²) >= 11 is 1.28. The predicted octanol–water partition coefficient (Wildman–Crippen LogP) is 5.81. The molecule has 0 atom stereocenters. The molecule has 3 aromatic carbocycles. The number of aryl methyl sites for hydroxylation is 1. The summed E-state index contributed by atoms with van der Waals surface area (Å²) in [4.78, 5) is 12.7. The predicted molar refractivity (Wildman–Crippen MR) is 163 cm³/mol. The number of hydrogen-bond donors (Lipinski definition) is 1.